The number of aliphatic hydroxyl groups excluding tert-OH is 1. The van der Waals surface area contributed by atoms with E-state index < -0.39 is 18.2 Å². The topological polar surface area (TPSA) is 208 Å². The van der Waals surface area contributed by atoms with Crippen LogP contribution in [-0.2, 0) is 29.1 Å². The number of primary amides is 1. The number of alkyl halides is 3. The van der Waals surface area contributed by atoms with E-state index in [9.17, 15) is 27.6 Å². The lowest BCUT2D eigenvalue weighted by Crippen LogP contribution is -2.44. The van der Waals surface area contributed by atoms with Gasteiger partial charge in [0.1, 0.15) is 0 Å². The summed E-state index contributed by atoms with van der Waals surface area (Å²) in [7, 11) is 2.01. The van der Waals surface area contributed by atoms with E-state index in [-0.39, 0.29) is 31.0 Å². The second kappa shape index (κ2) is 21.8. The van der Waals surface area contributed by atoms with Crippen LogP contribution in [-0.4, -0.2) is 111 Å². The summed E-state index contributed by atoms with van der Waals surface area (Å²) < 4.78 is 33.6. The number of fused-ring (bicyclic) bond motifs is 1. The Morgan fingerprint density at radius 3 is 2.22 bits per heavy atom. The summed E-state index contributed by atoms with van der Waals surface area (Å²) in [6, 6.07) is 6.69. The average Bonchev–Trinajstić information content (AvgIpc) is 3.57. The number of rotatable bonds is 18. The molecular formula is C37H54F3N9O6. The van der Waals surface area contributed by atoms with Crippen molar-refractivity contribution >= 4 is 46.2 Å². The fourth-order valence-corrected chi connectivity index (χ4v) is 6.18. The molecule has 1 saturated heterocycles. The van der Waals surface area contributed by atoms with Crippen LogP contribution >= 0.6 is 0 Å². The van der Waals surface area contributed by atoms with Crippen molar-refractivity contribution in [1.82, 2.24) is 29.9 Å². The number of piperidine rings is 1. The second-order valence-corrected chi connectivity index (χ2v) is 13.4. The Hall–Kier alpha value is -4.97. The number of carbonyl (C=O) groups is 4. The van der Waals surface area contributed by atoms with E-state index in [4.69, 9.17) is 25.7 Å². The highest BCUT2D eigenvalue weighted by atomic mass is 19.4. The zero-order valence-corrected chi connectivity index (χ0v) is 31.8. The Labute approximate surface area is 318 Å². The van der Waals surface area contributed by atoms with Crippen molar-refractivity contribution in [3.8, 4) is 0 Å². The first-order chi connectivity index (χ1) is 26.2. The third-order valence-corrected chi connectivity index (χ3v) is 9.29. The second-order valence-electron chi connectivity index (χ2n) is 13.4. The van der Waals surface area contributed by atoms with Crippen LogP contribution in [0.15, 0.2) is 30.5 Å². The van der Waals surface area contributed by atoms with Crippen molar-refractivity contribution in [3.05, 3.63) is 47.3 Å². The van der Waals surface area contributed by atoms with Crippen LogP contribution in [0.4, 0.5) is 29.3 Å². The van der Waals surface area contributed by atoms with Crippen LogP contribution in [0.5, 0.6) is 0 Å². The molecule has 1 aliphatic rings. The Kier molecular flexibility index (Phi) is 17.6. The van der Waals surface area contributed by atoms with Crippen LogP contribution in [0.2, 0.25) is 0 Å². The minimum Gasteiger partial charge on any atom is -0.475 e. The number of anilines is 2. The van der Waals surface area contributed by atoms with Crippen LogP contribution in [0.3, 0.4) is 0 Å². The highest BCUT2D eigenvalue weighted by molar-refractivity contribution is 5.96. The lowest BCUT2D eigenvalue weighted by molar-refractivity contribution is -0.192. The normalized spacial score (nSPS) is 13.3. The van der Waals surface area contributed by atoms with E-state index in [2.05, 4.69) is 32.9 Å². The van der Waals surface area contributed by atoms with Crippen LogP contribution < -0.4 is 21.7 Å². The molecule has 0 aliphatic carbocycles. The molecule has 3 aromatic rings. The number of aliphatic hydroxyl groups is 1. The lowest BCUT2D eigenvalue weighted by Gasteiger charge is -2.32. The first-order valence-corrected chi connectivity index (χ1v) is 18.6. The Morgan fingerprint density at radius 1 is 1.00 bits per heavy atom. The van der Waals surface area contributed by atoms with Gasteiger partial charge in [-0.05, 0) is 76.9 Å². The molecule has 3 heterocycles. The van der Waals surface area contributed by atoms with Gasteiger partial charge in [-0.25, -0.2) is 19.3 Å². The number of aryl methyl sites for hydroxylation is 2. The van der Waals surface area contributed by atoms with Crippen molar-refractivity contribution in [1.29, 1.82) is 0 Å². The van der Waals surface area contributed by atoms with Crippen molar-refractivity contribution in [2.75, 3.05) is 50.5 Å². The number of likely N-dealkylation sites (N-methyl/N-ethyl adjacent to an activating group) is 1. The average molecular weight is 778 g/mol. The number of hydrogen-bond donors (Lipinski definition) is 6. The minimum atomic E-state index is -5.08. The van der Waals surface area contributed by atoms with Gasteiger partial charge in [-0.1, -0.05) is 26.2 Å². The van der Waals surface area contributed by atoms with Crippen LogP contribution in [0.1, 0.15) is 86.8 Å². The first-order valence-electron chi connectivity index (χ1n) is 18.6. The van der Waals surface area contributed by atoms with Crippen molar-refractivity contribution in [2.24, 2.45) is 5.73 Å². The van der Waals surface area contributed by atoms with Gasteiger partial charge in [0.05, 0.1) is 23.9 Å². The number of unbranched alkanes of at least 4 members (excludes halogenated alkanes) is 4. The number of urea groups is 1. The van der Waals surface area contributed by atoms with E-state index in [1.54, 1.807) is 29.2 Å². The number of nitrogens with zero attached hydrogens (tertiary/aromatic N) is 5. The highest BCUT2D eigenvalue weighted by Gasteiger charge is 2.38. The Balaban J connectivity index is 0.00000106. The van der Waals surface area contributed by atoms with Gasteiger partial charge in [0.25, 0.3) is 5.91 Å². The minimum absolute atomic E-state index is 0.0309. The van der Waals surface area contributed by atoms with Gasteiger partial charge in [-0.2, -0.15) is 18.3 Å². The number of hydrogen-bond acceptors (Lipinski definition) is 9. The predicted molar refractivity (Wildman–Crippen MR) is 203 cm³/mol. The summed E-state index contributed by atoms with van der Waals surface area (Å²) in [4.78, 5) is 55.0. The van der Waals surface area contributed by atoms with Crippen molar-refractivity contribution < 1.29 is 42.6 Å². The number of carbonyl (C=O) groups excluding carboxylic acids is 3. The molecular weight excluding hydrogens is 723 g/mol. The van der Waals surface area contributed by atoms with E-state index in [1.165, 1.54) is 0 Å². The standard InChI is InChI=1S/C35H53N9O4.C2HF3O2/c1-4-30-28(32(29-24-38-44(5-2)33(29)41-30)40-27-16-19-43(20-17-27)35(36)48)23-37-34(47)25-12-14-26(15-13-25)39-31(46)11-9-7-6-8-10-18-42(3)21-22-45;3-2(4,5)1(6)7/h12-15,24,27,45H,4-11,16-23H2,1-3H3,(H2,36,48)(H,37,47)(H,39,46)(H,40,41);(H,6,7). The molecule has 1 aliphatic heterocycles. The number of nitrogens with one attached hydrogen (secondary N) is 3. The zero-order valence-electron chi connectivity index (χ0n) is 31.8. The smallest absolute Gasteiger partial charge is 0.475 e. The van der Waals surface area contributed by atoms with Gasteiger partial charge >= 0.3 is 18.2 Å². The van der Waals surface area contributed by atoms with Gasteiger partial charge in [0.2, 0.25) is 5.91 Å². The summed E-state index contributed by atoms with van der Waals surface area (Å²) in [5.74, 6) is -3.01. The molecule has 0 bridgehead atoms. The van der Waals surface area contributed by atoms with E-state index in [0.29, 0.717) is 50.3 Å². The molecule has 0 radical (unpaired) electrons. The molecule has 0 spiro atoms. The largest absolute Gasteiger partial charge is 0.490 e. The summed E-state index contributed by atoms with van der Waals surface area (Å²) >= 11 is 0. The van der Waals surface area contributed by atoms with Gasteiger partial charge in [-0.3, -0.25) is 9.59 Å². The van der Waals surface area contributed by atoms with Gasteiger partial charge < -0.3 is 41.7 Å². The number of likely N-dealkylation sites (tertiary alicyclic amines) is 1. The maximum absolute atomic E-state index is 13.3. The Bertz CT molecular complexity index is 1710. The summed E-state index contributed by atoms with van der Waals surface area (Å²) in [5, 5.41) is 31.3. The van der Waals surface area contributed by atoms with Gasteiger partial charge in [0.15, 0.2) is 5.65 Å². The SMILES string of the molecule is CCc1nc2c(cnn2CC)c(NC2CCN(C(N)=O)CC2)c1CNC(=O)c1ccc(NC(=O)CCCCCCCN(C)CCO)cc1.O=C(O)C(F)(F)F. The molecule has 4 rings (SSSR count). The summed E-state index contributed by atoms with van der Waals surface area (Å²) in [6.07, 6.45) is 4.54. The molecule has 55 heavy (non-hydrogen) atoms. The fraction of sp³-hybridized carbons (Fsp3) is 0.568. The molecule has 304 valence electrons. The quantitative estimate of drug-likeness (QED) is 0.0979. The third-order valence-electron chi connectivity index (χ3n) is 9.29. The summed E-state index contributed by atoms with van der Waals surface area (Å²) in [6.45, 7) is 8.09. The lowest BCUT2D eigenvalue weighted by atomic mass is 10.0. The number of halogens is 3. The van der Waals surface area contributed by atoms with E-state index >= 15 is 0 Å². The number of carboxylic acids is 1. The number of benzene rings is 1. The monoisotopic (exact) mass is 777 g/mol. The van der Waals surface area contributed by atoms with Gasteiger partial charge in [-0.15, -0.1) is 0 Å². The molecule has 0 atom stereocenters. The molecule has 2 aromatic heterocycles. The molecule has 15 nitrogen and oxygen atoms in total. The number of nitrogens with two attached hydrogens (primary N) is 1. The van der Waals surface area contributed by atoms with Crippen LogP contribution in [0, 0.1) is 0 Å². The van der Waals surface area contributed by atoms with Crippen LogP contribution in [0.25, 0.3) is 11.0 Å². The number of amides is 4. The number of carboxylic acid groups (broad SMARTS) is 1. The molecule has 18 heteroatoms. The molecule has 1 fully saturated rings. The molecule has 0 saturated carbocycles. The summed E-state index contributed by atoms with van der Waals surface area (Å²) in [5.41, 5.74) is 10.2. The molecule has 4 amide bonds. The number of aliphatic carboxylic acids is 1. The Morgan fingerprint density at radius 2 is 1.64 bits per heavy atom. The molecule has 7 N–H and O–H groups in total. The third kappa shape index (κ3) is 14.0. The van der Waals surface area contributed by atoms with Crippen molar-refractivity contribution in [2.45, 2.75) is 96.9 Å². The maximum atomic E-state index is 13.3. The van der Waals surface area contributed by atoms with Crippen molar-refractivity contribution in [3.63, 3.8) is 0 Å². The van der Waals surface area contributed by atoms with E-state index in [0.717, 1.165) is 79.5 Å². The highest BCUT2D eigenvalue weighted by Crippen LogP contribution is 2.31. The van der Waals surface area contributed by atoms with E-state index in [1.807, 2.05) is 24.9 Å². The maximum Gasteiger partial charge on any atom is 0.490 e. The number of aromatic nitrogens is 3. The predicted octanol–water partition coefficient (Wildman–Crippen LogP) is 4.74. The zero-order chi connectivity index (χ0) is 40.5. The fourth-order valence-electron chi connectivity index (χ4n) is 6.18. The molecule has 0 unspecified atom stereocenters. The van der Waals surface area contributed by atoms with Gasteiger partial charge in [0, 0.05) is 67.7 Å². The number of pyridine rings is 1. The first kappa shape index (κ1) is 44.4. The molecule has 1 aromatic carbocycles.